The van der Waals surface area contributed by atoms with Crippen molar-refractivity contribution in [2.24, 2.45) is 0 Å². The number of benzene rings is 1. The zero-order valence-electron chi connectivity index (χ0n) is 12.3. The Labute approximate surface area is 121 Å². The van der Waals surface area contributed by atoms with Crippen LogP contribution in [0.15, 0.2) is 36.8 Å². The Bertz CT molecular complexity index is 548. The van der Waals surface area contributed by atoms with Crippen LogP contribution < -0.4 is 5.32 Å². The van der Waals surface area contributed by atoms with E-state index in [4.69, 9.17) is 0 Å². The Morgan fingerprint density at radius 3 is 2.65 bits per heavy atom. The van der Waals surface area contributed by atoms with Crippen molar-refractivity contribution in [3.05, 3.63) is 48.0 Å². The second-order valence-electron chi connectivity index (χ2n) is 5.94. The summed E-state index contributed by atoms with van der Waals surface area (Å²) in [5.41, 5.74) is 3.86. The zero-order valence-corrected chi connectivity index (χ0v) is 12.3. The fraction of sp³-hybridized carbons (Fsp3) is 0.471. The van der Waals surface area contributed by atoms with Gasteiger partial charge in [0, 0.05) is 11.7 Å². The molecule has 1 fully saturated rings. The van der Waals surface area contributed by atoms with Gasteiger partial charge in [-0.25, -0.2) is 4.98 Å². The van der Waals surface area contributed by atoms with E-state index in [1.54, 1.807) is 0 Å². The number of nitrogens with one attached hydrogen (secondary N) is 1. The summed E-state index contributed by atoms with van der Waals surface area (Å²) in [6, 6.07) is 9.28. The highest BCUT2D eigenvalue weighted by Gasteiger charge is 2.18. The highest BCUT2D eigenvalue weighted by atomic mass is 15.1. The molecule has 20 heavy (non-hydrogen) atoms. The minimum Gasteiger partial charge on any atom is -0.309 e. The van der Waals surface area contributed by atoms with Crippen molar-refractivity contribution in [2.45, 2.75) is 45.1 Å². The zero-order chi connectivity index (χ0) is 13.9. The standard InChI is InChI=1S/C17H23N3/c1-13(2)14-6-8-15(9-7-14)20-12-18-11-17(20)16-5-3-4-10-19-16/h6-9,11-13,16,19H,3-5,10H2,1-2H3. The molecule has 1 aliphatic rings. The van der Waals surface area contributed by atoms with E-state index in [1.165, 1.54) is 36.2 Å². The fourth-order valence-corrected chi connectivity index (χ4v) is 2.90. The molecule has 1 saturated heterocycles. The first-order valence-electron chi connectivity index (χ1n) is 7.61. The maximum absolute atomic E-state index is 4.35. The van der Waals surface area contributed by atoms with E-state index in [9.17, 15) is 0 Å². The molecular formula is C17H23N3. The summed E-state index contributed by atoms with van der Waals surface area (Å²) in [7, 11) is 0. The number of imidazole rings is 1. The topological polar surface area (TPSA) is 29.9 Å². The molecule has 0 aliphatic carbocycles. The Balaban J connectivity index is 1.88. The predicted octanol–water partition coefficient (Wildman–Crippen LogP) is 3.81. The summed E-state index contributed by atoms with van der Waals surface area (Å²) >= 11 is 0. The molecule has 1 aromatic carbocycles. The van der Waals surface area contributed by atoms with Gasteiger partial charge in [0.05, 0.1) is 18.2 Å². The van der Waals surface area contributed by atoms with Gasteiger partial charge in [0.1, 0.15) is 0 Å². The summed E-state index contributed by atoms with van der Waals surface area (Å²) in [6.07, 6.45) is 7.72. The number of nitrogens with zero attached hydrogens (tertiary/aromatic N) is 2. The SMILES string of the molecule is CC(C)c1ccc(-n2cncc2C2CCCCN2)cc1. The first-order valence-corrected chi connectivity index (χ1v) is 7.61. The van der Waals surface area contributed by atoms with E-state index in [-0.39, 0.29) is 0 Å². The van der Waals surface area contributed by atoms with Crippen molar-refractivity contribution in [1.29, 1.82) is 0 Å². The average Bonchev–Trinajstić information content (AvgIpc) is 2.97. The van der Waals surface area contributed by atoms with Crippen LogP contribution in [0.1, 0.15) is 56.3 Å². The summed E-state index contributed by atoms with van der Waals surface area (Å²) in [5.74, 6) is 0.575. The predicted molar refractivity (Wildman–Crippen MR) is 82.2 cm³/mol. The number of hydrogen-bond donors (Lipinski definition) is 1. The maximum Gasteiger partial charge on any atom is 0.0994 e. The van der Waals surface area contributed by atoms with Crippen LogP contribution >= 0.6 is 0 Å². The lowest BCUT2D eigenvalue weighted by Crippen LogP contribution is -2.28. The first kappa shape index (κ1) is 13.4. The van der Waals surface area contributed by atoms with Gasteiger partial charge in [0.25, 0.3) is 0 Å². The van der Waals surface area contributed by atoms with Crippen LogP contribution in [0.25, 0.3) is 5.69 Å². The van der Waals surface area contributed by atoms with E-state index in [0.717, 1.165) is 6.54 Å². The van der Waals surface area contributed by atoms with Crippen LogP contribution in [-0.4, -0.2) is 16.1 Å². The van der Waals surface area contributed by atoms with Gasteiger partial charge in [-0.3, -0.25) is 0 Å². The largest absolute Gasteiger partial charge is 0.309 e. The van der Waals surface area contributed by atoms with Crippen molar-refractivity contribution in [3.63, 3.8) is 0 Å². The molecule has 1 atom stereocenters. The third-order valence-electron chi connectivity index (χ3n) is 4.17. The molecular weight excluding hydrogens is 246 g/mol. The van der Waals surface area contributed by atoms with E-state index < -0.39 is 0 Å². The monoisotopic (exact) mass is 269 g/mol. The molecule has 0 saturated carbocycles. The number of hydrogen-bond acceptors (Lipinski definition) is 2. The molecule has 3 heteroatoms. The molecule has 0 radical (unpaired) electrons. The third-order valence-corrected chi connectivity index (χ3v) is 4.17. The van der Waals surface area contributed by atoms with E-state index in [0.29, 0.717) is 12.0 Å². The molecule has 1 aromatic heterocycles. The number of aromatic nitrogens is 2. The van der Waals surface area contributed by atoms with E-state index >= 15 is 0 Å². The summed E-state index contributed by atoms with van der Waals surface area (Å²) in [6.45, 7) is 5.56. The highest BCUT2D eigenvalue weighted by Crippen LogP contribution is 2.25. The van der Waals surface area contributed by atoms with Crippen LogP contribution in [0.5, 0.6) is 0 Å². The van der Waals surface area contributed by atoms with Gasteiger partial charge in [-0.1, -0.05) is 32.4 Å². The smallest absolute Gasteiger partial charge is 0.0994 e. The van der Waals surface area contributed by atoms with Crippen molar-refractivity contribution < 1.29 is 0 Å². The second-order valence-corrected chi connectivity index (χ2v) is 5.94. The van der Waals surface area contributed by atoms with Crippen LogP contribution in [0.3, 0.4) is 0 Å². The van der Waals surface area contributed by atoms with Crippen LogP contribution in [-0.2, 0) is 0 Å². The van der Waals surface area contributed by atoms with Gasteiger partial charge in [-0.05, 0) is 43.0 Å². The minimum atomic E-state index is 0.441. The Kier molecular flexibility index (Phi) is 3.88. The third kappa shape index (κ3) is 2.63. The molecule has 0 spiro atoms. The molecule has 2 aromatic rings. The van der Waals surface area contributed by atoms with Crippen molar-refractivity contribution >= 4 is 0 Å². The summed E-state index contributed by atoms with van der Waals surface area (Å²) in [5, 5.41) is 3.60. The van der Waals surface area contributed by atoms with E-state index in [2.05, 4.69) is 53.0 Å². The van der Waals surface area contributed by atoms with Crippen LogP contribution in [0, 0.1) is 0 Å². The molecule has 0 bridgehead atoms. The lowest BCUT2D eigenvalue weighted by molar-refractivity contribution is 0.402. The van der Waals surface area contributed by atoms with Crippen molar-refractivity contribution in [1.82, 2.24) is 14.9 Å². The lowest BCUT2D eigenvalue weighted by Gasteiger charge is -2.24. The van der Waals surface area contributed by atoms with Gasteiger partial charge >= 0.3 is 0 Å². The van der Waals surface area contributed by atoms with E-state index in [1.807, 2.05) is 12.5 Å². The second kappa shape index (κ2) is 5.80. The fourth-order valence-electron chi connectivity index (χ4n) is 2.90. The van der Waals surface area contributed by atoms with Gasteiger partial charge in [-0.15, -0.1) is 0 Å². The molecule has 2 heterocycles. The molecule has 3 rings (SSSR count). The van der Waals surface area contributed by atoms with Gasteiger partial charge in [0.2, 0.25) is 0 Å². The lowest BCUT2D eigenvalue weighted by atomic mass is 10.0. The Morgan fingerprint density at radius 1 is 1.20 bits per heavy atom. The normalized spacial score (nSPS) is 19.4. The number of rotatable bonds is 3. The minimum absolute atomic E-state index is 0.441. The first-order chi connectivity index (χ1) is 9.75. The Hall–Kier alpha value is -1.61. The van der Waals surface area contributed by atoms with Crippen LogP contribution in [0.4, 0.5) is 0 Å². The average molecular weight is 269 g/mol. The molecule has 0 amide bonds. The van der Waals surface area contributed by atoms with Crippen molar-refractivity contribution in [3.8, 4) is 5.69 Å². The summed E-state index contributed by atoms with van der Waals surface area (Å²) in [4.78, 5) is 4.35. The molecule has 1 aliphatic heterocycles. The van der Waals surface area contributed by atoms with Gasteiger partial charge in [-0.2, -0.15) is 0 Å². The molecule has 1 N–H and O–H groups in total. The number of piperidine rings is 1. The molecule has 3 nitrogen and oxygen atoms in total. The highest BCUT2D eigenvalue weighted by molar-refractivity contribution is 5.37. The van der Waals surface area contributed by atoms with Gasteiger partial charge in [0.15, 0.2) is 0 Å². The summed E-state index contributed by atoms with van der Waals surface area (Å²) < 4.78 is 2.22. The van der Waals surface area contributed by atoms with Crippen molar-refractivity contribution in [2.75, 3.05) is 6.54 Å². The quantitative estimate of drug-likeness (QED) is 0.918. The van der Waals surface area contributed by atoms with Gasteiger partial charge < -0.3 is 9.88 Å². The molecule has 1 unspecified atom stereocenters. The van der Waals surface area contributed by atoms with Crippen LogP contribution in [0.2, 0.25) is 0 Å². The Morgan fingerprint density at radius 2 is 2.00 bits per heavy atom. The maximum atomic E-state index is 4.35. The molecule has 106 valence electrons.